The molecule has 0 saturated carbocycles. The molecule has 2 heterocycles. The van der Waals surface area contributed by atoms with Gasteiger partial charge in [0, 0.05) is 12.4 Å². The first-order chi connectivity index (χ1) is 6.27. The van der Waals surface area contributed by atoms with Gasteiger partial charge in [-0.15, -0.1) is 0 Å². The highest BCUT2D eigenvalue weighted by Gasteiger charge is 2.04. The fourth-order valence-corrected chi connectivity index (χ4v) is 1.68. The summed E-state index contributed by atoms with van der Waals surface area (Å²) >= 11 is 5.55. The molecule has 0 atom stereocenters. The fourth-order valence-electron chi connectivity index (χ4n) is 0.891. The van der Waals surface area contributed by atoms with Gasteiger partial charge in [0.05, 0.1) is 14.2 Å². The second kappa shape index (κ2) is 3.70. The standard InChI is InChI=1S/C7H4BrIN4/c8-6-2-10-4-11-7(6)13-3-5(9)1-12-13/h1-4H. The lowest BCUT2D eigenvalue weighted by atomic mass is 10.6. The van der Waals surface area contributed by atoms with Crippen LogP contribution < -0.4 is 0 Å². The molecule has 2 aromatic rings. The van der Waals surface area contributed by atoms with E-state index in [0.717, 1.165) is 13.9 Å². The molecule has 0 bridgehead atoms. The van der Waals surface area contributed by atoms with Gasteiger partial charge in [-0.3, -0.25) is 0 Å². The SMILES string of the molecule is Brc1cncnc1-n1cc(I)cn1. The Morgan fingerprint density at radius 1 is 1.38 bits per heavy atom. The highest BCUT2D eigenvalue weighted by molar-refractivity contribution is 14.1. The lowest BCUT2D eigenvalue weighted by molar-refractivity contribution is 0.833. The quantitative estimate of drug-likeness (QED) is 0.739. The van der Waals surface area contributed by atoms with Crippen LogP contribution in [0.5, 0.6) is 0 Å². The molecule has 13 heavy (non-hydrogen) atoms. The maximum atomic E-state index is 4.14. The molecule has 0 aliphatic heterocycles. The van der Waals surface area contributed by atoms with E-state index >= 15 is 0 Å². The minimum Gasteiger partial charge on any atom is -0.243 e. The number of aromatic nitrogens is 4. The summed E-state index contributed by atoms with van der Waals surface area (Å²) in [4.78, 5) is 7.98. The molecule has 0 spiro atoms. The molecule has 0 unspecified atom stereocenters. The van der Waals surface area contributed by atoms with Gasteiger partial charge in [-0.25, -0.2) is 14.6 Å². The van der Waals surface area contributed by atoms with Crippen LogP contribution in [0.15, 0.2) is 29.4 Å². The summed E-state index contributed by atoms with van der Waals surface area (Å²) in [7, 11) is 0. The molecule has 0 radical (unpaired) electrons. The van der Waals surface area contributed by atoms with Gasteiger partial charge in [-0.05, 0) is 38.5 Å². The van der Waals surface area contributed by atoms with Crippen molar-refractivity contribution in [3.63, 3.8) is 0 Å². The van der Waals surface area contributed by atoms with Gasteiger partial charge >= 0.3 is 0 Å². The van der Waals surface area contributed by atoms with Crippen LogP contribution in [0, 0.1) is 3.57 Å². The zero-order valence-electron chi connectivity index (χ0n) is 6.35. The first-order valence-corrected chi connectivity index (χ1v) is 5.30. The van der Waals surface area contributed by atoms with Crippen molar-refractivity contribution in [2.45, 2.75) is 0 Å². The van der Waals surface area contributed by atoms with Gasteiger partial charge in [-0.2, -0.15) is 5.10 Å². The minimum atomic E-state index is 0.748. The predicted octanol–water partition coefficient (Wildman–Crippen LogP) is 2.03. The molecule has 0 aromatic carbocycles. The highest BCUT2D eigenvalue weighted by atomic mass is 127. The monoisotopic (exact) mass is 350 g/mol. The molecule has 0 saturated heterocycles. The Balaban J connectivity index is 2.52. The average molecular weight is 351 g/mol. The Bertz CT molecular complexity index is 428. The average Bonchev–Trinajstić information content (AvgIpc) is 2.53. The van der Waals surface area contributed by atoms with Crippen LogP contribution in [-0.4, -0.2) is 19.7 Å². The Morgan fingerprint density at radius 2 is 2.23 bits per heavy atom. The number of halogens is 2. The van der Waals surface area contributed by atoms with Crippen molar-refractivity contribution in [2.75, 3.05) is 0 Å². The van der Waals surface area contributed by atoms with E-state index in [9.17, 15) is 0 Å². The Labute approximate surface area is 96.7 Å². The Morgan fingerprint density at radius 3 is 2.85 bits per heavy atom. The summed E-state index contributed by atoms with van der Waals surface area (Å²) in [6.45, 7) is 0. The molecule has 6 heteroatoms. The van der Waals surface area contributed by atoms with Crippen molar-refractivity contribution in [1.82, 2.24) is 19.7 Å². The topological polar surface area (TPSA) is 43.6 Å². The van der Waals surface area contributed by atoms with E-state index in [-0.39, 0.29) is 0 Å². The van der Waals surface area contributed by atoms with E-state index in [1.165, 1.54) is 6.33 Å². The first kappa shape index (κ1) is 9.07. The molecular weight excluding hydrogens is 347 g/mol. The van der Waals surface area contributed by atoms with Crippen molar-refractivity contribution < 1.29 is 0 Å². The van der Waals surface area contributed by atoms with Gasteiger partial charge in [0.15, 0.2) is 5.82 Å². The van der Waals surface area contributed by atoms with Gasteiger partial charge in [0.2, 0.25) is 0 Å². The van der Waals surface area contributed by atoms with Gasteiger partial charge in [0.1, 0.15) is 6.33 Å². The summed E-state index contributed by atoms with van der Waals surface area (Å²) in [6, 6.07) is 0. The van der Waals surface area contributed by atoms with Crippen LogP contribution >= 0.6 is 38.5 Å². The highest BCUT2D eigenvalue weighted by Crippen LogP contribution is 2.16. The molecule has 0 aliphatic rings. The van der Waals surface area contributed by atoms with Crippen molar-refractivity contribution in [3.05, 3.63) is 33.0 Å². The third kappa shape index (κ3) is 1.88. The summed E-state index contributed by atoms with van der Waals surface area (Å²) in [5.41, 5.74) is 0. The summed E-state index contributed by atoms with van der Waals surface area (Å²) in [5.74, 6) is 0.748. The largest absolute Gasteiger partial charge is 0.243 e. The van der Waals surface area contributed by atoms with Crippen LogP contribution in [0.4, 0.5) is 0 Å². The maximum Gasteiger partial charge on any atom is 0.170 e. The van der Waals surface area contributed by atoms with Crippen molar-refractivity contribution in [2.24, 2.45) is 0 Å². The molecule has 2 rings (SSSR count). The second-order valence-corrected chi connectivity index (χ2v) is 4.40. The predicted molar refractivity (Wildman–Crippen MR) is 59.6 cm³/mol. The van der Waals surface area contributed by atoms with Crippen molar-refractivity contribution >= 4 is 38.5 Å². The fraction of sp³-hybridized carbons (Fsp3) is 0. The van der Waals surface area contributed by atoms with Crippen molar-refractivity contribution in [1.29, 1.82) is 0 Å². The molecule has 0 N–H and O–H groups in total. The van der Waals surface area contributed by atoms with Crippen LogP contribution in [0.25, 0.3) is 5.82 Å². The number of nitrogens with zero attached hydrogens (tertiary/aromatic N) is 4. The molecule has 0 fully saturated rings. The molecule has 2 aromatic heterocycles. The molecule has 4 nitrogen and oxygen atoms in total. The summed E-state index contributed by atoms with van der Waals surface area (Å²) in [6.07, 6.45) is 6.86. The first-order valence-electron chi connectivity index (χ1n) is 3.43. The van der Waals surface area contributed by atoms with Gasteiger partial charge in [0.25, 0.3) is 0 Å². The van der Waals surface area contributed by atoms with E-state index in [0.29, 0.717) is 0 Å². The van der Waals surface area contributed by atoms with E-state index in [4.69, 9.17) is 0 Å². The Hall–Kier alpha value is -0.500. The van der Waals surface area contributed by atoms with Crippen LogP contribution in [0.3, 0.4) is 0 Å². The molecule has 0 aliphatic carbocycles. The zero-order chi connectivity index (χ0) is 9.26. The smallest absolute Gasteiger partial charge is 0.170 e. The van der Waals surface area contributed by atoms with Crippen LogP contribution in [-0.2, 0) is 0 Å². The molecular formula is C7H4BrIN4. The third-order valence-electron chi connectivity index (χ3n) is 1.42. The van der Waals surface area contributed by atoms with E-state index in [1.807, 2.05) is 6.20 Å². The van der Waals surface area contributed by atoms with Crippen LogP contribution in [0.2, 0.25) is 0 Å². The second-order valence-electron chi connectivity index (χ2n) is 2.30. The van der Waals surface area contributed by atoms with E-state index < -0.39 is 0 Å². The number of rotatable bonds is 1. The van der Waals surface area contributed by atoms with Gasteiger partial charge < -0.3 is 0 Å². The lowest BCUT2D eigenvalue weighted by Crippen LogP contribution is -1.99. The normalized spacial score (nSPS) is 10.3. The lowest BCUT2D eigenvalue weighted by Gasteiger charge is -2.00. The van der Waals surface area contributed by atoms with Crippen molar-refractivity contribution in [3.8, 4) is 5.82 Å². The van der Waals surface area contributed by atoms with E-state index in [2.05, 4.69) is 53.6 Å². The number of hydrogen-bond donors (Lipinski definition) is 0. The summed E-state index contributed by atoms with van der Waals surface area (Å²) in [5, 5.41) is 4.14. The summed E-state index contributed by atoms with van der Waals surface area (Å²) < 4.78 is 3.60. The number of hydrogen-bond acceptors (Lipinski definition) is 3. The minimum absolute atomic E-state index is 0.748. The zero-order valence-corrected chi connectivity index (χ0v) is 10.1. The Kier molecular flexibility index (Phi) is 2.58. The molecule has 0 amide bonds. The molecule has 66 valence electrons. The third-order valence-corrected chi connectivity index (χ3v) is 2.53. The van der Waals surface area contributed by atoms with E-state index in [1.54, 1.807) is 17.1 Å². The van der Waals surface area contributed by atoms with Gasteiger partial charge in [-0.1, -0.05) is 0 Å². The van der Waals surface area contributed by atoms with Crippen LogP contribution in [0.1, 0.15) is 0 Å². The maximum absolute atomic E-state index is 4.14.